The van der Waals surface area contributed by atoms with Crippen molar-refractivity contribution in [3.05, 3.63) is 29.8 Å². The lowest BCUT2D eigenvalue weighted by Crippen LogP contribution is -2.26. The van der Waals surface area contributed by atoms with Gasteiger partial charge in [-0.25, -0.2) is 0 Å². The van der Waals surface area contributed by atoms with Gasteiger partial charge in [-0.15, -0.1) is 0 Å². The summed E-state index contributed by atoms with van der Waals surface area (Å²) >= 11 is 0. The molecule has 0 heterocycles. The maximum atomic E-state index is 9.70. The zero-order chi connectivity index (χ0) is 15.9. The number of methoxy groups -OCH3 is 1. The third kappa shape index (κ3) is 4.97. The van der Waals surface area contributed by atoms with Crippen molar-refractivity contribution in [1.29, 1.82) is 0 Å². The molecule has 1 N–H and O–H groups in total. The van der Waals surface area contributed by atoms with Crippen molar-refractivity contribution in [2.24, 2.45) is 0 Å². The second-order valence-electron chi connectivity index (χ2n) is 6.07. The first-order chi connectivity index (χ1) is 10.6. The van der Waals surface area contributed by atoms with E-state index in [1.54, 1.807) is 0 Å². The summed E-state index contributed by atoms with van der Waals surface area (Å²) in [5, 5.41) is 9.70. The SMILES string of the molecule is COC(O)C(C)c1ccc(OC(C)OC2CCCCC2)cc1. The van der Waals surface area contributed by atoms with Crippen molar-refractivity contribution >= 4 is 0 Å². The highest BCUT2D eigenvalue weighted by Crippen LogP contribution is 2.25. The van der Waals surface area contributed by atoms with Crippen molar-refractivity contribution in [2.45, 2.75) is 70.6 Å². The Hall–Kier alpha value is -1.10. The predicted molar refractivity (Wildman–Crippen MR) is 85.9 cm³/mol. The van der Waals surface area contributed by atoms with Crippen LogP contribution in [0.1, 0.15) is 57.4 Å². The minimum Gasteiger partial charge on any atom is -0.465 e. The Kier molecular flexibility index (Phi) is 6.68. The van der Waals surface area contributed by atoms with Gasteiger partial charge in [-0.3, -0.25) is 0 Å². The van der Waals surface area contributed by atoms with Gasteiger partial charge in [0.25, 0.3) is 0 Å². The van der Waals surface area contributed by atoms with E-state index in [0.29, 0.717) is 6.10 Å². The van der Waals surface area contributed by atoms with Gasteiger partial charge < -0.3 is 19.3 Å². The van der Waals surface area contributed by atoms with Crippen LogP contribution >= 0.6 is 0 Å². The monoisotopic (exact) mass is 308 g/mol. The molecule has 4 nitrogen and oxygen atoms in total. The largest absolute Gasteiger partial charge is 0.465 e. The zero-order valence-corrected chi connectivity index (χ0v) is 13.8. The summed E-state index contributed by atoms with van der Waals surface area (Å²) in [4.78, 5) is 0. The van der Waals surface area contributed by atoms with Gasteiger partial charge in [-0.2, -0.15) is 0 Å². The molecule has 2 rings (SSSR count). The molecular weight excluding hydrogens is 280 g/mol. The molecule has 22 heavy (non-hydrogen) atoms. The van der Waals surface area contributed by atoms with Crippen molar-refractivity contribution in [3.63, 3.8) is 0 Å². The second-order valence-corrected chi connectivity index (χ2v) is 6.07. The third-order valence-corrected chi connectivity index (χ3v) is 4.31. The van der Waals surface area contributed by atoms with Gasteiger partial charge in [-0.1, -0.05) is 38.3 Å². The molecule has 0 aliphatic heterocycles. The van der Waals surface area contributed by atoms with Crippen molar-refractivity contribution in [1.82, 2.24) is 0 Å². The summed E-state index contributed by atoms with van der Waals surface area (Å²) in [7, 11) is 1.50. The molecule has 4 heteroatoms. The Labute approximate surface area is 133 Å². The summed E-state index contributed by atoms with van der Waals surface area (Å²) in [5.41, 5.74) is 1.02. The first kappa shape index (κ1) is 17.3. The minimum atomic E-state index is -0.791. The average Bonchev–Trinajstić information content (AvgIpc) is 2.55. The van der Waals surface area contributed by atoms with Gasteiger partial charge in [-0.05, 0) is 37.5 Å². The molecule has 0 aromatic heterocycles. The first-order valence-corrected chi connectivity index (χ1v) is 8.23. The highest BCUT2D eigenvalue weighted by Gasteiger charge is 2.18. The van der Waals surface area contributed by atoms with Gasteiger partial charge >= 0.3 is 0 Å². The van der Waals surface area contributed by atoms with Crippen LogP contribution in [-0.2, 0) is 9.47 Å². The highest BCUT2D eigenvalue weighted by atomic mass is 16.7. The summed E-state index contributed by atoms with van der Waals surface area (Å²) in [5.74, 6) is 0.709. The fraction of sp³-hybridized carbons (Fsp3) is 0.667. The second kappa shape index (κ2) is 8.51. The molecule has 0 spiro atoms. The lowest BCUT2D eigenvalue weighted by Gasteiger charge is -2.26. The molecule has 124 valence electrons. The third-order valence-electron chi connectivity index (χ3n) is 4.31. The zero-order valence-electron chi connectivity index (χ0n) is 13.8. The number of ether oxygens (including phenoxy) is 3. The maximum Gasteiger partial charge on any atom is 0.197 e. The summed E-state index contributed by atoms with van der Waals surface area (Å²) in [6, 6.07) is 7.73. The Morgan fingerprint density at radius 3 is 2.27 bits per heavy atom. The van der Waals surface area contributed by atoms with Crippen molar-refractivity contribution < 1.29 is 19.3 Å². The van der Waals surface area contributed by atoms with Gasteiger partial charge in [0.05, 0.1) is 6.10 Å². The molecule has 1 aliphatic rings. The number of benzene rings is 1. The van der Waals surface area contributed by atoms with Crippen LogP contribution in [-0.4, -0.2) is 30.9 Å². The Balaban J connectivity index is 1.84. The molecule has 1 fully saturated rings. The van der Waals surface area contributed by atoms with E-state index in [9.17, 15) is 5.11 Å². The minimum absolute atomic E-state index is 0.0741. The number of aliphatic hydroxyl groups excluding tert-OH is 1. The normalized spacial score (nSPS) is 20.4. The maximum absolute atomic E-state index is 9.70. The molecule has 1 aliphatic carbocycles. The molecule has 3 unspecified atom stereocenters. The molecular formula is C18H28O4. The molecule has 0 saturated heterocycles. The Morgan fingerprint density at radius 2 is 1.68 bits per heavy atom. The summed E-state index contributed by atoms with van der Waals surface area (Å²) in [6.07, 6.45) is 5.41. The molecule has 0 radical (unpaired) electrons. The Bertz CT molecular complexity index is 425. The number of hydrogen-bond donors (Lipinski definition) is 1. The van der Waals surface area contributed by atoms with Crippen LogP contribution in [0.15, 0.2) is 24.3 Å². The van der Waals surface area contributed by atoms with E-state index in [4.69, 9.17) is 14.2 Å². The highest BCUT2D eigenvalue weighted by molar-refractivity contribution is 5.29. The molecule has 0 amide bonds. The van der Waals surface area contributed by atoms with Crippen molar-refractivity contribution in [2.75, 3.05) is 7.11 Å². The predicted octanol–water partition coefficient (Wildman–Crippen LogP) is 3.83. The molecule has 1 aromatic rings. The lowest BCUT2D eigenvalue weighted by atomic mass is 9.98. The topological polar surface area (TPSA) is 47.9 Å². The van der Waals surface area contributed by atoms with E-state index in [2.05, 4.69) is 0 Å². The molecule has 1 aromatic carbocycles. The average molecular weight is 308 g/mol. The smallest absolute Gasteiger partial charge is 0.197 e. The van der Waals surface area contributed by atoms with E-state index >= 15 is 0 Å². The van der Waals surface area contributed by atoms with Gasteiger partial charge in [0.1, 0.15) is 5.75 Å². The van der Waals surface area contributed by atoms with Crippen LogP contribution in [0.3, 0.4) is 0 Å². The van der Waals surface area contributed by atoms with Crippen LogP contribution in [0.2, 0.25) is 0 Å². The van der Waals surface area contributed by atoms with E-state index < -0.39 is 6.29 Å². The molecule has 0 bridgehead atoms. The summed E-state index contributed by atoms with van der Waals surface area (Å²) in [6.45, 7) is 3.87. The summed E-state index contributed by atoms with van der Waals surface area (Å²) < 4.78 is 16.7. The Morgan fingerprint density at radius 1 is 1.05 bits per heavy atom. The number of rotatable bonds is 7. The number of hydrogen-bond acceptors (Lipinski definition) is 4. The quantitative estimate of drug-likeness (QED) is 0.778. The van der Waals surface area contributed by atoms with Gasteiger partial charge in [0.15, 0.2) is 12.6 Å². The fourth-order valence-corrected chi connectivity index (χ4v) is 2.91. The van der Waals surface area contributed by atoms with Crippen molar-refractivity contribution in [3.8, 4) is 5.75 Å². The molecule has 1 saturated carbocycles. The first-order valence-electron chi connectivity index (χ1n) is 8.23. The van der Waals surface area contributed by atoms with Crippen LogP contribution in [0.25, 0.3) is 0 Å². The number of aliphatic hydroxyl groups is 1. The van der Waals surface area contributed by atoms with E-state index in [1.807, 2.05) is 38.1 Å². The van der Waals surface area contributed by atoms with Gasteiger partial charge in [0.2, 0.25) is 0 Å². The van der Waals surface area contributed by atoms with E-state index in [0.717, 1.165) is 24.2 Å². The van der Waals surface area contributed by atoms with Crippen LogP contribution in [0, 0.1) is 0 Å². The standard InChI is InChI=1S/C18H28O4/c1-13(18(19)20-3)15-9-11-17(12-10-15)22-14(2)21-16-7-5-4-6-8-16/h9-14,16,18-19H,4-8H2,1-3H3. The van der Waals surface area contributed by atoms with Gasteiger partial charge in [0, 0.05) is 13.0 Å². The lowest BCUT2D eigenvalue weighted by molar-refractivity contribution is -0.116. The van der Waals surface area contributed by atoms with Crippen LogP contribution < -0.4 is 4.74 Å². The van der Waals surface area contributed by atoms with Crippen LogP contribution in [0.4, 0.5) is 0 Å². The van der Waals surface area contributed by atoms with Crippen LogP contribution in [0.5, 0.6) is 5.75 Å². The fourth-order valence-electron chi connectivity index (χ4n) is 2.91. The molecule has 3 atom stereocenters. The van der Waals surface area contributed by atoms with E-state index in [1.165, 1.54) is 26.4 Å². The van der Waals surface area contributed by atoms with E-state index in [-0.39, 0.29) is 12.2 Å².